The van der Waals surface area contributed by atoms with Gasteiger partial charge in [0.25, 0.3) is 0 Å². The summed E-state index contributed by atoms with van der Waals surface area (Å²) in [5.41, 5.74) is 2.67. The molecule has 4 aliphatic heterocycles. The van der Waals surface area contributed by atoms with Crippen LogP contribution >= 0.6 is 0 Å². The first-order valence-corrected chi connectivity index (χ1v) is 28.9. The van der Waals surface area contributed by atoms with E-state index in [0.717, 1.165) is 68.7 Å². The molecule has 2 bridgehead atoms. The number of β-amino-alcohol motifs (C(OH)–C–C–N with tert-alkyl or cyclic N) is 1. The highest BCUT2D eigenvalue weighted by Crippen LogP contribution is 2.47. The normalized spacial score (nSPS) is 21.8. The third kappa shape index (κ3) is 11.8. The van der Waals surface area contributed by atoms with Crippen molar-refractivity contribution in [1.82, 2.24) is 50.5 Å². The highest BCUT2D eigenvalue weighted by molar-refractivity contribution is 6.02. The van der Waals surface area contributed by atoms with E-state index in [1.807, 2.05) is 76.6 Å². The van der Waals surface area contributed by atoms with Crippen LogP contribution in [-0.4, -0.2) is 151 Å². The number of anilines is 1. The largest absolute Gasteiger partial charge is 0.508 e. The van der Waals surface area contributed by atoms with Gasteiger partial charge in [-0.2, -0.15) is 15.1 Å². The first-order valence-electron chi connectivity index (χ1n) is 28.9. The number of phenolic OH excluding ortho intramolecular Hbond substituents is 1. The molecule has 6 aromatic rings. The van der Waals surface area contributed by atoms with Gasteiger partial charge in [0.15, 0.2) is 5.82 Å². The Balaban J connectivity index is 0.701. The van der Waals surface area contributed by atoms with Gasteiger partial charge in [0, 0.05) is 87.7 Å². The molecule has 5 fully saturated rings. The second-order valence-electron chi connectivity index (χ2n) is 24.2. The monoisotopic (exact) mass is 1110 g/mol. The predicted molar refractivity (Wildman–Crippen MR) is 303 cm³/mol. The number of carbonyl (C=O) groups is 3. The molecule has 3 amide bonds. The first kappa shape index (κ1) is 56.0. The van der Waals surface area contributed by atoms with Crippen molar-refractivity contribution in [2.24, 2.45) is 10.8 Å². The van der Waals surface area contributed by atoms with Crippen LogP contribution in [0.15, 0.2) is 67.0 Å². The van der Waals surface area contributed by atoms with Crippen molar-refractivity contribution in [2.45, 2.75) is 142 Å². The molecule has 2 unspecified atom stereocenters. The molecular weight excluding hydrogens is 1040 g/mol. The maximum atomic E-state index is 17.2. The van der Waals surface area contributed by atoms with Crippen molar-refractivity contribution < 1.29 is 42.9 Å². The molecule has 18 nitrogen and oxygen atoms in total. The van der Waals surface area contributed by atoms with Crippen LogP contribution in [0.25, 0.3) is 44.2 Å². The van der Waals surface area contributed by atoms with Crippen molar-refractivity contribution in [3.63, 3.8) is 0 Å². The highest BCUT2D eigenvalue weighted by atomic mass is 19.1. The molecule has 0 spiro atoms. The lowest BCUT2D eigenvalue weighted by molar-refractivity contribution is -0.145. The first-order chi connectivity index (χ1) is 38.9. The summed E-state index contributed by atoms with van der Waals surface area (Å²) in [6.45, 7) is 15.7. The third-order valence-electron chi connectivity index (χ3n) is 17.3. The van der Waals surface area contributed by atoms with E-state index in [2.05, 4.69) is 35.8 Å². The molecule has 3 aromatic heterocycles. The zero-order valence-electron chi connectivity index (χ0n) is 47.2. The van der Waals surface area contributed by atoms with Crippen LogP contribution in [0.5, 0.6) is 11.8 Å². The molecular formula is C61H75F2N11O7. The summed E-state index contributed by atoms with van der Waals surface area (Å²) in [4.78, 5) is 62.1. The van der Waals surface area contributed by atoms with Gasteiger partial charge in [-0.15, -0.1) is 0 Å². The van der Waals surface area contributed by atoms with E-state index in [-0.39, 0.29) is 83.7 Å². The van der Waals surface area contributed by atoms with E-state index in [9.17, 15) is 24.6 Å². The molecule has 11 rings (SSSR count). The Labute approximate surface area is 471 Å². The number of piperazine rings is 1. The molecule has 430 valence electrons. The van der Waals surface area contributed by atoms with E-state index >= 15 is 8.78 Å². The second kappa shape index (κ2) is 22.8. The fraction of sp³-hybridized carbons (Fsp3) is 0.525. The van der Waals surface area contributed by atoms with Gasteiger partial charge in [0.2, 0.25) is 17.7 Å². The average Bonchev–Trinajstić information content (AvgIpc) is 3.69. The van der Waals surface area contributed by atoms with E-state index in [4.69, 9.17) is 19.4 Å². The number of aromatic hydroxyl groups is 1. The number of aliphatic hydroxyl groups is 1. The second-order valence-corrected chi connectivity index (χ2v) is 24.2. The molecule has 5 aliphatic rings. The van der Waals surface area contributed by atoms with Gasteiger partial charge in [-0.25, -0.2) is 8.78 Å². The maximum absolute atomic E-state index is 17.2. The number of benzene rings is 3. The Kier molecular flexibility index (Phi) is 15.8. The van der Waals surface area contributed by atoms with Gasteiger partial charge < -0.3 is 50.3 Å². The number of nitrogens with one attached hydrogen (secondary N) is 3. The average molecular weight is 1110 g/mol. The van der Waals surface area contributed by atoms with E-state index < -0.39 is 47.1 Å². The van der Waals surface area contributed by atoms with Crippen LogP contribution in [0, 0.1) is 22.5 Å². The fourth-order valence-corrected chi connectivity index (χ4v) is 12.7. The minimum Gasteiger partial charge on any atom is -0.508 e. The molecule has 81 heavy (non-hydrogen) atoms. The van der Waals surface area contributed by atoms with Gasteiger partial charge >= 0.3 is 6.01 Å². The molecule has 0 radical (unpaired) electrons. The number of phenols is 1. The number of halogens is 2. The summed E-state index contributed by atoms with van der Waals surface area (Å²) < 4.78 is 47.1. The number of nitrogens with zero attached hydrogens (tertiary/aromatic N) is 8. The minimum absolute atomic E-state index is 0.0322. The summed E-state index contributed by atoms with van der Waals surface area (Å²) in [5, 5.41) is 37.1. The maximum Gasteiger partial charge on any atom is 0.319 e. The number of piperidine rings is 1. The minimum atomic E-state index is -0.988. The molecule has 5 N–H and O–H groups in total. The van der Waals surface area contributed by atoms with Gasteiger partial charge in [-0.1, -0.05) is 58.0 Å². The molecule has 7 heterocycles. The predicted octanol–water partition coefficient (Wildman–Crippen LogP) is 7.23. The number of ether oxygens (including phenoxy) is 2. The molecule has 20 heteroatoms. The van der Waals surface area contributed by atoms with Crippen LogP contribution in [0.4, 0.5) is 14.6 Å². The standard InChI is InChI=1S/C61H75F2N11O7/c1-7-44-47(62)16-13-38-25-41(75)26-45(51(38)44)53-52(63)54-46(28-64-53)56(72-29-39-14-15-40(30-72)67-39)70-59(69-54)81-34-61(20-21-61)33-71-23-18-43(19-24-71)80-32-50(77)68-55(60(4,5)6)58(79)73-31-42(76)27-49(73)57(78)66-35(3)36-9-11-37(12-10-36)48-17-22-65-74(48)8-2/h9-13,16-17,22,25-26,28,35,39-40,42-43,49,55,67,75-76H,7-8,14-15,18-21,23-24,27,29-34H2,1-6H3,(H,66,78)(H,68,77)/t35-,39?,40?,42+,49-,55+/m0/s1. The number of pyridine rings is 1. The quantitative estimate of drug-likeness (QED) is 0.0575. The number of aryl methyl sites for hydroxylation is 2. The number of fused-ring (bicyclic) bond motifs is 4. The summed E-state index contributed by atoms with van der Waals surface area (Å²) in [5.74, 6) is -1.92. The van der Waals surface area contributed by atoms with Crippen molar-refractivity contribution in [2.75, 3.05) is 57.4 Å². The van der Waals surface area contributed by atoms with Gasteiger partial charge in [-0.05, 0) is 116 Å². The topological polar surface area (TPSA) is 212 Å². The van der Waals surface area contributed by atoms with E-state index in [0.29, 0.717) is 66.5 Å². The van der Waals surface area contributed by atoms with E-state index in [1.165, 1.54) is 17.0 Å². The lowest BCUT2D eigenvalue weighted by Crippen LogP contribution is -2.58. The van der Waals surface area contributed by atoms with Crippen molar-refractivity contribution >= 4 is 45.2 Å². The van der Waals surface area contributed by atoms with Crippen LogP contribution in [-0.2, 0) is 32.1 Å². The number of hydrogen-bond donors (Lipinski definition) is 5. The number of aromatic nitrogens is 5. The fourth-order valence-electron chi connectivity index (χ4n) is 12.7. The Bertz CT molecular complexity index is 3310. The molecule has 4 saturated heterocycles. The molecule has 6 atom stereocenters. The van der Waals surface area contributed by atoms with Gasteiger partial charge in [-0.3, -0.25) is 24.0 Å². The zero-order valence-corrected chi connectivity index (χ0v) is 47.2. The number of likely N-dealkylation sites (tertiary alicyclic amines) is 2. The van der Waals surface area contributed by atoms with Gasteiger partial charge in [0.05, 0.1) is 35.9 Å². The SMILES string of the molecule is CCc1c(F)ccc2cc(O)cc(-c3ncc4c(N5CC6CCC(C5)N6)nc(OCC5(CN6CCC(OCC(=O)N[C@H](C(=O)N7C[C@H](O)C[C@H]7C(=O)N[C@@H](C)c7ccc(-c8ccnn8CC)cc7)C(C)(C)C)CC6)CC5)nc4c3F)c12. The summed E-state index contributed by atoms with van der Waals surface area (Å²) in [6.07, 6.45) is 8.05. The number of hydrogen-bond acceptors (Lipinski definition) is 14. The lowest BCUT2D eigenvalue weighted by Gasteiger charge is -2.36. The Morgan fingerprint density at radius 2 is 1.68 bits per heavy atom. The van der Waals surface area contributed by atoms with Crippen molar-refractivity contribution in [3.05, 3.63) is 89.8 Å². The molecule has 1 aliphatic carbocycles. The number of amides is 3. The molecule has 1 saturated carbocycles. The highest BCUT2D eigenvalue weighted by Gasteiger charge is 2.47. The Morgan fingerprint density at radius 3 is 2.37 bits per heavy atom. The summed E-state index contributed by atoms with van der Waals surface area (Å²) in [6, 6.07) is 14.1. The summed E-state index contributed by atoms with van der Waals surface area (Å²) in [7, 11) is 0. The zero-order chi connectivity index (χ0) is 56.9. The lowest BCUT2D eigenvalue weighted by atomic mass is 9.85. The Morgan fingerprint density at radius 1 is 0.938 bits per heavy atom. The number of rotatable bonds is 18. The molecule has 3 aromatic carbocycles. The summed E-state index contributed by atoms with van der Waals surface area (Å²) >= 11 is 0. The van der Waals surface area contributed by atoms with E-state index in [1.54, 1.807) is 24.5 Å². The smallest absolute Gasteiger partial charge is 0.319 e. The number of aliphatic hydroxyl groups excluding tert-OH is 1. The van der Waals surface area contributed by atoms with Crippen LogP contribution in [0.1, 0.15) is 104 Å². The van der Waals surface area contributed by atoms with Crippen molar-refractivity contribution in [1.29, 1.82) is 0 Å². The third-order valence-corrected chi connectivity index (χ3v) is 17.3. The van der Waals surface area contributed by atoms with Crippen molar-refractivity contribution in [3.8, 4) is 34.3 Å². The Hall–Kier alpha value is -6.87. The van der Waals surface area contributed by atoms with Gasteiger partial charge in [0.1, 0.15) is 47.3 Å². The van der Waals surface area contributed by atoms with Crippen LogP contribution < -0.4 is 25.6 Å². The van der Waals surface area contributed by atoms with Crippen LogP contribution in [0.3, 0.4) is 0 Å². The van der Waals surface area contributed by atoms with Crippen LogP contribution in [0.2, 0.25) is 0 Å². The number of carbonyl (C=O) groups excluding carboxylic acids is 3.